The van der Waals surface area contributed by atoms with E-state index >= 15 is 0 Å². The van der Waals surface area contributed by atoms with Crippen molar-refractivity contribution in [2.45, 2.75) is 46.6 Å². The molecule has 0 saturated carbocycles. The number of carbonyl (C=O) groups is 1. The van der Waals surface area contributed by atoms with Crippen molar-refractivity contribution in [2.24, 2.45) is 4.99 Å². The lowest BCUT2D eigenvalue weighted by molar-refractivity contribution is -0.121. The van der Waals surface area contributed by atoms with Gasteiger partial charge in [0.05, 0.1) is 10.7 Å². The SMILES string of the molecule is C/C=C(/N=C\CC)NC(=O)Cn1nc(C(C)C)c2cc(NC)sc2c1=O. The molecule has 7 nitrogen and oxygen atoms in total. The molecule has 0 spiro atoms. The summed E-state index contributed by atoms with van der Waals surface area (Å²) in [7, 11) is 1.81. The van der Waals surface area contributed by atoms with Gasteiger partial charge >= 0.3 is 0 Å². The number of anilines is 1. The maximum Gasteiger partial charge on any atom is 0.285 e. The highest BCUT2D eigenvalue weighted by atomic mass is 32.1. The first-order chi connectivity index (χ1) is 12.4. The molecule has 0 aliphatic rings. The number of allylic oxidation sites excluding steroid dienone is 1. The smallest absolute Gasteiger partial charge is 0.285 e. The zero-order chi connectivity index (χ0) is 19.3. The highest BCUT2D eigenvalue weighted by molar-refractivity contribution is 7.22. The molecule has 2 heterocycles. The molecule has 0 aliphatic carbocycles. The van der Waals surface area contributed by atoms with Crippen LogP contribution in [0.5, 0.6) is 0 Å². The topological polar surface area (TPSA) is 88.4 Å². The molecule has 140 valence electrons. The van der Waals surface area contributed by atoms with Gasteiger partial charge in [0.25, 0.3) is 5.56 Å². The summed E-state index contributed by atoms with van der Waals surface area (Å²) in [5.74, 6) is 0.260. The lowest BCUT2D eigenvalue weighted by atomic mass is 10.1. The van der Waals surface area contributed by atoms with E-state index in [-0.39, 0.29) is 23.9 Å². The van der Waals surface area contributed by atoms with E-state index in [0.717, 1.165) is 22.5 Å². The zero-order valence-corrected chi connectivity index (χ0v) is 16.6. The number of thiophene rings is 1. The number of nitrogens with zero attached hydrogens (tertiary/aromatic N) is 3. The van der Waals surface area contributed by atoms with Crippen LogP contribution in [0.4, 0.5) is 5.00 Å². The Morgan fingerprint density at radius 2 is 2.19 bits per heavy atom. The Balaban J connectivity index is 2.37. The molecule has 2 aromatic heterocycles. The van der Waals surface area contributed by atoms with Crippen molar-refractivity contribution in [1.82, 2.24) is 15.1 Å². The number of nitrogens with one attached hydrogen (secondary N) is 2. The van der Waals surface area contributed by atoms with Crippen LogP contribution in [0, 0.1) is 0 Å². The Labute approximate surface area is 156 Å². The Morgan fingerprint density at radius 1 is 1.46 bits per heavy atom. The highest BCUT2D eigenvalue weighted by Gasteiger charge is 2.18. The lowest BCUT2D eigenvalue weighted by Crippen LogP contribution is -2.33. The zero-order valence-electron chi connectivity index (χ0n) is 15.8. The quantitative estimate of drug-likeness (QED) is 0.728. The van der Waals surface area contributed by atoms with Gasteiger partial charge in [-0.1, -0.05) is 20.8 Å². The van der Waals surface area contributed by atoms with Crippen molar-refractivity contribution in [3.63, 3.8) is 0 Å². The van der Waals surface area contributed by atoms with Gasteiger partial charge in [-0.25, -0.2) is 9.67 Å². The third kappa shape index (κ3) is 4.37. The fourth-order valence-corrected chi connectivity index (χ4v) is 3.40. The summed E-state index contributed by atoms with van der Waals surface area (Å²) in [6, 6.07) is 1.94. The van der Waals surface area contributed by atoms with Crippen molar-refractivity contribution >= 4 is 38.5 Å². The number of carbonyl (C=O) groups excluding carboxylic acids is 1. The minimum atomic E-state index is -0.333. The average Bonchev–Trinajstić information content (AvgIpc) is 3.05. The molecule has 2 N–H and O–H groups in total. The highest BCUT2D eigenvalue weighted by Crippen LogP contribution is 2.31. The van der Waals surface area contributed by atoms with Crippen molar-refractivity contribution in [1.29, 1.82) is 0 Å². The minimum Gasteiger partial charge on any atom is -0.380 e. The number of hydrogen-bond acceptors (Lipinski definition) is 6. The first-order valence-corrected chi connectivity index (χ1v) is 9.43. The van der Waals surface area contributed by atoms with Crippen LogP contribution < -0.4 is 16.2 Å². The van der Waals surface area contributed by atoms with Crippen LogP contribution in [0.25, 0.3) is 10.1 Å². The first kappa shape index (κ1) is 19.8. The molecule has 8 heteroatoms. The summed E-state index contributed by atoms with van der Waals surface area (Å²) in [5, 5.41) is 12.0. The lowest BCUT2D eigenvalue weighted by Gasteiger charge is -2.11. The summed E-state index contributed by atoms with van der Waals surface area (Å²) in [6.45, 7) is 7.64. The molecule has 0 aliphatic heterocycles. The number of rotatable bonds is 7. The maximum absolute atomic E-state index is 12.8. The minimum absolute atomic E-state index is 0.131. The Hall–Kier alpha value is -2.48. The van der Waals surface area contributed by atoms with Gasteiger partial charge in [-0.15, -0.1) is 11.3 Å². The molecule has 0 fully saturated rings. The monoisotopic (exact) mass is 375 g/mol. The van der Waals surface area contributed by atoms with Gasteiger partial charge in [0.1, 0.15) is 17.1 Å². The van der Waals surface area contributed by atoms with E-state index in [1.807, 2.05) is 33.9 Å². The maximum atomic E-state index is 12.8. The number of aliphatic imine (C=N–C) groups is 1. The van der Waals surface area contributed by atoms with Crippen LogP contribution in [0.15, 0.2) is 27.8 Å². The van der Waals surface area contributed by atoms with E-state index in [1.54, 1.807) is 19.2 Å². The molecule has 0 saturated heterocycles. The predicted molar refractivity (Wildman–Crippen MR) is 108 cm³/mol. The van der Waals surface area contributed by atoms with Crippen molar-refractivity contribution in [3.05, 3.63) is 34.0 Å². The van der Waals surface area contributed by atoms with Gasteiger partial charge in [-0.3, -0.25) is 9.59 Å². The van der Waals surface area contributed by atoms with E-state index in [2.05, 4.69) is 20.7 Å². The van der Waals surface area contributed by atoms with E-state index in [9.17, 15) is 9.59 Å². The van der Waals surface area contributed by atoms with Gasteiger partial charge < -0.3 is 10.6 Å². The van der Waals surface area contributed by atoms with Gasteiger partial charge in [-0.2, -0.15) is 5.10 Å². The molecule has 0 atom stereocenters. The fourth-order valence-electron chi connectivity index (χ4n) is 2.43. The van der Waals surface area contributed by atoms with Crippen molar-refractivity contribution in [2.75, 3.05) is 12.4 Å². The molecule has 26 heavy (non-hydrogen) atoms. The second-order valence-electron chi connectivity index (χ2n) is 6.05. The summed E-state index contributed by atoms with van der Waals surface area (Å²) < 4.78 is 1.84. The Bertz CT molecular complexity index is 908. The molecule has 2 rings (SSSR count). The fraction of sp³-hybridized carbons (Fsp3) is 0.444. The van der Waals surface area contributed by atoms with Crippen molar-refractivity contribution < 1.29 is 4.79 Å². The molecule has 0 radical (unpaired) electrons. The van der Waals surface area contributed by atoms with Crippen LogP contribution >= 0.6 is 11.3 Å². The van der Waals surface area contributed by atoms with Crippen LogP contribution in [-0.4, -0.2) is 28.9 Å². The molecular formula is C18H25N5O2S. The third-order valence-electron chi connectivity index (χ3n) is 3.71. The van der Waals surface area contributed by atoms with E-state index in [4.69, 9.17) is 0 Å². The standard InChI is InChI=1S/C18H25N5O2S/c1-6-8-20-13(7-2)21-14(24)10-23-18(25)17-12(9-15(19-5)26-17)16(22-23)11(3)4/h7-9,11,19H,6,10H2,1-5H3,(H,21,24)/b13-7-,20-8-. The number of amides is 1. The predicted octanol–water partition coefficient (Wildman–Crippen LogP) is 3.08. The van der Waals surface area contributed by atoms with E-state index in [0.29, 0.717) is 10.5 Å². The van der Waals surface area contributed by atoms with Gasteiger partial charge in [0.2, 0.25) is 5.91 Å². The summed E-state index contributed by atoms with van der Waals surface area (Å²) in [6.07, 6.45) is 4.20. The van der Waals surface area contributed by atoms with Crippen molar-refractivity contribution in [3.8, 4) is 0 Å². The number of hydrogen-bond donors (Lipinski definition) is 2. The second-order valence-corrected chi connectivity index (χ2v) is 7.10. The van der Waals surface area contributed by atoms with Gasteiger partial charge in [0, 0.05) is 18.6 Å². The van der Waals surface area contributed by atoms with E-state index < -0.39 is 0 Å². The molecule has 0 bridgehead atoms. The van der Waals surface area contributed by atoms with Crippen LogP contribution in [0.2, 0.25) is 0 Å². The average molecular weight is 375 g/mol. The van der Waals surface area contributed by atoms with Crippen LogP contribution in [0.1, 0.15) is 45.7 Å². The summed E-state index contributed by atoms with van der Waals surface area (Å²) >= 11 is 1.38. The molecule has 0 unspecified atom stereocenters. The number of fused-ring (bicyclic) bond motifs is 1. The normalized spacial score (nSPS) is 12.3. The van der Waals surface area contributed by atoms with Gasteiger partial charge in [-0.05, 0) is 31.4 Å². The van der Waals surface area contributed by atoms with Gasteiger partial charge in [0.15, 0.2) is 0 Å². The Morgan fingerprint density at radius 3 is 2.77 bits per heavy atom. The second kappa shape index (κ2) is 8.75. The van der Waals surface area contributed by atoms with Crippen LogP contribution in [-0.2, 0) is 11.3 Å². The first-order valence-electron chi connectivity index (χ1n) is 8.62. The molecule has 0 aromatic carbocycles. The largest absolute Gasteiger partial charge is 0.380 e. The molecule has 2 aromatic rings. The molecule has 1 amide bonds. The number of aromatic nitrogens is 2. The van der Waals surface area contributed by atoms with Crippen LogP contribution in [0.3, 0.4) is 0 Å². The Kier molecular flexibility index (Phi) is 6.68. The van der Waals surface area contributed by atoms with E-state index in [1.165, 1.54) is 16.0 Å². The summed E-state index contributed by atoms with van der Waals surface area (Å²) in [4.78, 5) is 29.3. The molecular weight excluding hydrogens is 350 g/mol. The summed E-state index contributed by atoms with van der Waals surface area (Å²) in [5.41, 5.74) is 0.547. The third-order valence-corrected chi connectivity index (χ3v) is 4.85.